The van der Waals surface area contributed by atoms with Crippen LogP contribution in [0.3, 0.4) is 0 Å². The Bertz CT molecular complexity index is 380. The maximum absolute atomic E-state index is 5.28. The van der Waals surface area contributed by atoms with Crippen LogP contribution in [0.15, 0.2) is 36.7 Å². The molecular formula is C9H10N4. The molecule has 0 unspecified atom stereocenters. The topological polar surface area (TPSA) is 66.7 Å². The average Bonchev–Trinajstić information content (AvgIpc) is 2.71. The summed E-state index contributed by atoms with van der Waals surface area (Å²) in [6.07, 6.45) is 3.57. The minimum atomic E-state index is 0.847. The van der Waals surface area contributed by atoms with Crippen molar-refractivity contribution in [2.45, 2.75) is 0 Å². The first-order valence-electron chi connectivity index (χ1n) is 3.96. The first kappa shape index (κ1) is 7.82. The van der Waals surface area contributed by atoms with Gasteiger partial charge in [-0.2, -0.15) is 0 Å². The molecule has 2 rings (SSSR count). The van der Waals surface area contributed by atoms with Crippen LogP contribution in [0.25, 0.3) is 11.4 Å². The lowest BCUT2D eigenvalue weighted by Crippen LogP contribution is -2.06. The normalized spacial score (nSPS) is 9.92. The predicted molar refractivity (Wildman–Crippen MR) is 51.8 cm³/mol. The summed E-state index contributed by atoms with van der Waals surface area (Å²) in [5.41, 5.74) is 5.28. The lowest BCUT2D eigenvalue weighted by Gasteiger charge is -2.01. The summed E-state index contributed by atoms with van der Waals surface area (Å²) < 4.78 is 0. The van der Waals surface area contributed by atoms with Crippen molar-refractivity contribution >= 4 is 5.69 Å². The van der Waals surface area contributed by atoms with E-state index in [9.17, 15) is 0 Å². The molecule has 0 bridgehead atoms. The van der Waals surface area contributed by atoms with E-state index in [0.717, 1.165) is 17.1 Å². The fourth-order valence-corrected chi connectivity index (χ4v) is 1.16. The Morgan fingerprint density at radius 3 is 3.00 bits per heavy atom. The van der Waals surface area contributed by atoms with Gasteiger partial charge in [-0.05, 0) is 24.3 Å². The van der Waals surface area contributed by atoms with Gasteiger partial charge in [0.15, 0.2) is 0 Å². The molecule has 0 aliphatic rings. The summed E-state index contributed by atoms with van der Waals surface area (Å²) in [5.74, 6) is 5.28. The molecule has 0 fully saturated rings. The van der Waals surface area contributed by atoms with Crippen molar-refractivity contribution in [3.8, 4) is 11.4 Å². The van der Waals surface area contributed by atoms with Crippen LogP contribution in [0.4, 0.5) is 5.69 Å². The van der Waals surface area contributed by atoms with E-state index in [1.807, 2.05) is 30.5 Å². The van der Waals surface area contributed by atoms with Crippen molar-refractivity contribution in [3.63, 3.8) is 0 Å². The number of aromatic nitrogens is 2. The number of hydrogen-bond donors (Lipinski definition) is 3. The standard InChI is InChI=1S/C9H10N4/c10-13-7-3-5-12-9(6-7)8-2-1-4-11-8/h1-6,11H,10H2,(H,12,13). The number of aromatic amines is 1. The highest BCUT2D eigenvalue weighted by atomic mass is 15.2. The van der Waals surface area contributed by atoms with Crippen LogP contribution < -0.4 is 11.3 Å². The van der Waals surface area contributed by atoms with Gasteiger partial charge in [0.2, 0.25) is 0 Å². The van der Waals surface area contributed by atoms with Crippen molar-refractivity contribution in [3.05, 3.63) is 36.7 Å². The Balaban J connectivity index is 2.41. The molecule has 0 atom stereocenters. The maximum Gasteiger partial charge on any atom is 0.0885 e. The number of nitrogens with two attached hydrogens (primary N) is 1. The molecule has 4 heteroatoms. The summed E-state index contributed by atoms with van der Waals surface area (Å²) in [6.45, 7) is 0. The summed E-state index contributed by atoms with van der Waals surface area (Å²) in [6, 6.07) is 7.58. The second-order valence-electron chi connectivity index (χ2n) is 2.66. The SMILES string of the molecule is NNc1ccnc(-c2ccc[nH]2)c1. The largest absolute Gasteiger partial charge is 0.360 e. The van der Waals surface area contributed by atoms with Crippen LogP contribution >= 0.6 is 0 Å². The van der Waals surface area contributed by atoms with Crippen molar-refractivity contribution in [1.82, 2.24) is 9.97 Å². The molecule has 2 heterocycles. The number of nitrogens with one attached hydrogen (secondary N) is 2. The van der Waals surface area contributed by atoms with Gasteiger partial charge >= 0.3 is 0 Å². The van der Waals surface area contributed by atoms with Gasteiger partial charge < -0.3 is 10.4 Å². The Morgan fingerprint density at radius 2 is 2.31 bits per heavy atom. The van der Waals surface area contributed by atoms with E-state index in [-0.39, 0.29) is 0 Å². The van der Waals surface area contributed by atoms with E-state index in [4.69, 9.17) is 5.84 Å². The second kappa shape index (κ2) is 3.28. The minimum Gasteiger partial charge on any atom is -0.360 e. The molecule has 0 spiro atoms. The Hall–Kier alpha value is -1.81. The van der Waals surface area contributed by atoms with Crippen LogP contribution in [0, 0.1) is 0 Å². The molecule has 2 aromatic heterocycles. The van der Waals surface area contributed by atoms with Gasteiger partial charge in [0.05, 0.1) is 17.1 Å². The van der Waals surface area contributed by atoms with E-state index in [1.54, 1.807) is 6.20 Å². The number of H-pyrrole nitrogens is 1. The number of hydrazine groups is 1. The van der Waals surface area contributed by atoms with Gasteiger partial charge in [-0.1, -0.05) is 0 Å². The molecule has 0 aliphatic heterocycles. The molecule has 0 saturated carbocycles. The molecule has 0 amide bonds. The van der Waals surface area contributed by atoms with Gasteiger partial charge in [0.25, 0.3) is 0 Å². The first-order chi connectivity index (χ1) is 6.40. The number of rotatable bonds is 2. The van der Waals surface area contributed by atoms with Crippen molar-refractivity contribution in [2.24, 2.45) is 5.84 Å². The van der Waals surface area contributed by atoms with Crippen molar-refractivity contribution in [2.75, 3.05) is 5.43 Å². The molecular weight excluding hydrogens is 164 g/mol. The molecule has 4 nitrogen and oxygen atoms in total. The van der Waals surface area contributed by atoms with Crippen LogP contribution in [-0.4, -0.2) is 9.97 Å². The summed E-state index contributed by atoms with van der Waals surface area (Å²) in [7, 11) is 0. The van der Waals surface area contributed by atoms with Crippen LogP contribution in [0.2, 0.25) is 0 Å². The third kappa shape index (κ3) is 1.52. The van der Waals surface area contributed by atoms with Gasteiger partial charge in [0, 0.05) is 12.4 Å². The average molecular weight is 174 g/mol. The van der Waals surface area contributed by atoms with Crippen molar-refractivity contribution in [1.29, 1.82) is 0 Å². The third-order valence-electron chi connectivity index (χ3n) is 1.80. The van der Waals surface area contributed by atoms with E-state index < -0.39 is 0 Å². The summed E-state index contributed by atoms with van der Waals surface area (Å²) in [4.78, 5) is 7.28. The van der Waals surface area contributed by atoms with Gasteiger partial charge in [0.1, 0.15) is 0 Å². The Morgan fingerprint density at radius 1 is 1.38 bits per heavy atom. The zero-order chi connectivity index (χ0) is 9.10. The molecule has 0 aliphatic carbocycles. The Kier molecular flexibility index (Phi) is 1.97. The van der Waals surface area contributed by atoms with E-state index >= 15 is 0 Å². The predicted octanol–water partition coefficient (Wildman–Crippen LogP) is 1.36. The van der Waals surface area contributed by atoms with E-state index in [1.165, 1.54) is 0 Å². The van der Waals surface area contributed by atoms with Crippen molar-refractivity contribution < 1.29 is 0 Å². The number of anilines is 1. The monoisotopic (exact) mass is 174 g/mol. The molecule has 13 heavy (non-hydrogen) atoms. The summed E-state index contributed by atoms with van der Waals surface area (Å²) >= 11 is 0. The Labute approximate surface area is 75.8 Å². The highest BCUT2D eigenvalue weighted by Gasteiger charge is 1.99. The van der Waals surface area contributed by atoms with E-state index in [0.29, 0.717) is 0 Å². The van der Waals surface area contributed by atoms with Gasteiger partial charge in [-0.15, -0.1) is 0 Å². The molecule has 66 valence electrons. The smallest absolute Gasteiger partial charge is 0.0885 e. The lowest BCUT2D eigenvalue weighted by atomic mass is 10.2. The lowest BCUT2D eigenvalue weighted by molar-refractivity contribution is 1.26. The third-order valence-corrected chi connectivity index (χ3v) is 1.80. The fourth-order valence-electron chi connectivity index (χ4n) is 1.16. The zero-order valence-electron chi connectivity index (χ0n) is 6.99. The van der Waals surface area contributed by atoms with Crippen LogP contribution in [0.1, 0.15) is 0 Å². The first-order valence-corrected chi connectivity index (χ1v) is 3.96. The second-order valence-corrected chi connectivity index (χ2v) is 2.66. The summed E-state index contributed by atoms with van der Waals surface area (Å²) in [5, 5.41) is 0. The maximum atomic E-state index is 5.28. The number of hydrogen-bond acceptors (Lipinski definition) is 3. The molecule has 0 aromatic carbocycles. The zero-order valence-corrected chi connectivity index (χ0v) is 6.99. The number of nitrogen functional groups attached to an aromatic ring is 1. The van der Waals surface area contributed by atoms with E-state index in [2.05, 4.69) is 15.4 Å². The molecule has 2 aromatic rings. The van der Waals surface area contributed by atoms with Gasteiger partial charge in [-0.25, -0.2) is 0 Å². The molecule has 0 saturated heterocycles. The highest BCUT2D eigenvalue weighted by Crippen LogP contribution is 2.16. The number of nitrogens with zero attached hydrogens (tertiary/aromatic N) is 1. The fraction of sp³-hybridized carbons (Fsp3) is 0. The number of pyridine rings is 1. The quantitative estimate of drug-likeness (QED) is 0.475. The van der Waals surface area contributed by atoms with Crippen LogP contribution in [0.5, 0.6) is 0 Å². The highest BCUT2D eigenvalue weighted by molar-refractivity contribution is 5.60. The van der Waals surface area contributed by atoms with Crippen LogP contribution in [-0.2, 0) is 0 Å². The minimum absolute atomic E-state index is 0.847. The van der Waals surface area contributed by atoms with Gasteiger partial charge in [-0.3, -0.25) is 10.8 Å². The molecule has 0 radical (unpaired) electrons. The molecule has 4 N–H and O–H groups in total.